The Bertz CT molecular complexity index is 675. The van der Waals surface area contributed by atoms with Crippen LogP contribution >= 0.6 is 27.3 Å². The van der Waals surface area contributed by atoms with E-state index >= 15 is 0 Å². The summed E-state index contributed by atoms with van der Waals surface area (Å²) in [5.41, 5.74) is 0.377. The zero-order valence-corrected chi connectivity index (χ0v) is 16.0. The molecule has 2 aromatic heterocycles. The van der Waals surface area contributed by atoms with Gasteiger partial charge in [0.25, 0.3) is 0 Å². The number of carbonyl (C=O) groups excluding carboxylic acids is 1. The fourth-order valence-electron chi connectivity index (χ4n) is 1.94. The number of amides is 1. The van der Waals surface area contributed by atoms with Gasteiger partial charge in [0.2, 0.25) is 0 Å². The average molecular weight is 401 g/mol. The molecule has 0 atom stereocenters. The van der Waals surface area contributed by atoms with Gasteiger partial charge in [-0.25, -0.2) is 4.79 Å². The van der Waals surface area contributed by atoms with Crippen LogP contribution in [0.3, 0.4) is 0 Å². The number of nitrogens with zero attached hydrogens (tertiary/aromatic N) is 2. The summed E-state index contributed by atoms with van der Waals surface area (Å²) in [7, 11) is 1.78. The Balaban J connectivity index is 1.94. The number of hydrogen-bond donors (Lipinski definition) is 2. The number of aromatic nitrogens is 2. The number of anilines is 1. The molecule has 2 aromatic rings. The number of carbonyl (C=O) groups is 1. The molecule has 2 heterocycles. The summed E-state index contributed by atoms with van der Waals surface area (Å²) in [5, 5.41) is 12.4. The van der Waals surface area contributed by atoms with Crippen molar-refractivity contribution in [1.82, 2.24) is 15.1 Å². The zero-order valence-electron chi connectivity index (χ0n) is 13.6. The Morgan fingerprint density at radius 2 is 2.17 bits per heavy atom. The Hall–Kier alpha value is -1.38. The molecule has 8 heteroatoms. The number of halogens is 1. The van der Waals surface area contributed by atoms with E-state index in [-0.39, 0.29) is 0 Å². The molecule has 1 amide bonds. The van der Waals surface area contributed by atoms with Crippen LogP contribution in [0.15, 0.2) is 22.1 Å². The van der Waals surface area contributed by atoms with Crippen LogP contribution in [-0.4, -0.2) is 21.5 Å². The van der Waals surface area contributed by atoms with Gasteiger partial charge in [-0.1, -0.05) is 0 Å². The van der Waals surface area contributed by atoms with E-state index in [0.29, 0.717) is 12.4 Å². The van der Waals surface area contributed by atoms with Gasteiger partial charge in [0, 0.05) is 40.4 Å². The van der Waals surface area contributed by atoms with Crippen LogP contribution in [0, 0.1) is 0 Å². The van der Waals surface area contributed by atoms with Crippen LogP contribution in [0.1, 0.15) is 31.2 Å². The predicted molar refractivity (Wildman–Crippen MR) is 95.6 cm³/mol. The summed E-state index contributed by atoms with van der Waals surface area (Å²) in [4.78, 5) is 13.2. The SMILES string of the molecule is Cn1ncc(CNCc2cc(Br)cs2)c1NC(=O)OC(C)(C)C. The first kappa shape index (κ1) is 18.0. The summed E-state index contributed by atoms with van der Waals surface area (Å²) in [6.45, 7) is 6.86. The molecule has 126 valence electrons. The van der Waals surface area contributed by atoms with Crippen LogP contribution in [0.5, 0.6) is 0 Å². The quantitative estimate of drug-likeness (QED) is 0.798. The molecular formula is C15H21BrN4O2S. The fourth-order valence-corrected chi connectivity index (χ4v) is 3.36. The van der Waals surface area contributed by atoms with E-state index < -0.39 is 11.7 Å². The molecule has 2 N–H and O–H groups in total. The van der Waals surface area contributed by atoms with Crippen LogP contribution in [0.25, 0.3) is 0 Å². The van der Waals surface area contributed by atoms with E-state index in [9.17, 15) is 4.79 Å². The predicted octanol–water partition coefficient (Wildman–Crippen LogP) is 3.88. The maximum atomic E-state index is 11.9. The maximum absolute atomic E-state index is 11.9. The van der Waals surface area contributed by atoms with E-state index in [0.717, 1.165) is 16.6 Å². The number of hydrogen-bond acceptors (Lipinski definition) is 5. The summed E-state index contributed by atoms with van der Waals surface area (Å²) in [6.07, 6.45) is 1.26. The molecule has 0 aliphatic heterocycles. The number of nitrogens with one attached hydrogen (secondary N) is 2. The number of rotatable bonds is 5. The van der Waals surface area contributed by atoms with E-state index in [1.165, 1.54) is 4.88 Å². The second kappa shape index (κ2) is 7.46. The highest BCUT2D eigenvalue weighted by atomic mass is 79.9. The molecular weight excluding hydrogens is 380 g/mol. The van der Waals surface area contributed by atoms with Crippen molar-refractivity contribution in [2.24, 2.45) is 7.05 Å². The molecule has 2 rings (SSSR count). The van der Waals surface area contributed by atoms with Crippen LogP contribution in [-0.2, 0) is 24.9 Å². The molecule has 0 aliphatic carbocycles. The van der Waals surface area contributed by atoms with Gasteiger partial charge in [0.15, 0.2) is 0 Å². The van der Waals surface area contributed by atoms with Crippen molar-refractivity contribution < 1.29 is 9.53 Å². The molecule has 0 radical (unpaired) electrons. The monoisotopic (exact) mass is 400 g/mol. The van der Waals surface area contributed by atoms with Gasteiger partial charge in [-0.15, -0.1) is 11.3 Å². The topological polar surface area (TPSA) is 68.2 Å². The summed E-state index contributed by atoms with van der Waals surface area (Å²) in [6, 6.07) is 2.08. The normalized spacial score (nSPS) is 11.5. The lowest BCUT2D eigenvalue weighted by atomic mass is 10.2. The standard InChI is InChI=1S/C15H21BrN4O2S/c1-15(2,3)22-14(21)19-13-10(7-18-20(13)4)6-17-8-12-5-11(16)9-23-12/h5,7,9,17H,6,8H2,1-4H3,(H,19,21). The van der Waals surface area contributed by atoms with E-state index in [4.69, 9.17) is 4.74 Å². The Kier molecular flexibility index (Phi) is 5.83. The van der Waals surface area contributed by atoms with Crippen LogP contribution in [0.4, 0.5) is 10.6 Å². The van der Waals surface area contributed by atoms with Crippen LogP contribution in [0.2, 0.25) is 0 Å². The highest BCUT2D eigenvalue weighted by Gasteiger charge is 2.18. The number of thiophene rings is 1. The van der Waals surface area contributed by atoms with Gasteiger partial charge in [0.1, 0.15) is 11.4 Å². The highest BCUT2D eigenvalue weighted by Crippen LogP contribution is 2.20. The second-order valence-corrected chi connectivity index (χ2v) is 8.02. The third-order valence-corrected chi connectivity index (χ3v) is 4.57. The molecule has 0 aliphatic rings. The second-order valence-electron chi connectivity index (χ2n) is 6.10. The van der Waals surface area contributed by atoms with Crippen LogP contribution < -0.4 is 10.6 Å². The van der Waals surface area contributed by atoms with E-state index in [1.807, 2.05) is 20.8 Å². The molecule has 0 saturated carbocycles. The van der Waals surface area contributed by atoms with Gasteiger partial charge >= 0.3 is 6.09 Å². The fraction of sp³-hybridized carbons (Fsp3) is 0.467. The van der Waals surface area contributed by atoms with Gasteiger partial charge in [-0.2, -0.15) is 5.10 Å². The van der Waals surface area contributed by atoms with Gasteiger partial charge < -0.3 is 10.1 Å². The maximum Gasteiger partial charge on any atom is 0.413 e. The largest absolute Gasteiger partial charge is 0.444 e. The van der Waals surface area contributed by atoms with Gasteiger partial charge in [-0.3, -0.25) is 10.00 Å². The Labute approximate surface area is 148 Å². The molecule has 0 bridgehead atoms. The highest BCUT2D eigenvalue weighted by molar-refractivity contribution is 9.10. The van der Waals surface area contributed by atoms with Crippen molar-refractivity contribution in [2.45, 2.75) is 39.5 Å². The van der Waals surface area contributed by atoms with Crippen molar-refractivity contribution in [2.75, 3.05) is 5.32 Å². The summed E-state index contributed by atoms with van der Waals surface area (Å²) < 4.78 is 8.00. The molecule has 0 spiro atoms. The molecule has 0 aromatic carbocycles. The molecule has 23 heavy (non-hydrogen) atoms. The Morgan fingerprint density at radius 3 is 2.78 bits per heavy atom. The van der Waals surface area contributed by atoms with Crippen molar-refractivity contribution in [1.29, 1.82) is 0 Å². The lowest BCUT2D eigenvalue weighted by Crippen LogP contribution is -2.28. The minimum absolute atomic E-state index is 0.482. The summed E-state index contributed by atoms with van der Waals surface area (Å²) in [5.74, 6) is 0.638. The molecule has 0 unspecified atom stereocenters. The first-order chi connectivity index (χ1) is 10.7. The minimum Gasteiger partial charge on any atom is -0.444 e. The lowest BCUT2D eigenvalue weighted by Gasteiger charge is -2.20. The average Bonchev–Trinajstić information content (AvgIpc) is 2.97. The van der Waals surface area contributed by atoms with Crippen molar-refractivity contribution in [3.8, 4) is 0 Å². The summed E-state index contributed by atoms with van der Waals surface area (Å²) >= 11 is 5.13. The minimum atomic E-state index is -0.534. The molecule has 6 nitrogen and oxygen atoms in total. The van der Waals surface area contributed by atoms with Crippen molar-refractivity contribution in [3.05, 3.63) is 32.6 Å². The third-order valence-electron chi connectivity index (χ3n) is 2.87. The Morgan fingerprint density at radius 1 is 1.43 bits per heavy atom. The third kappa shape index (κ3) is 5.63. The number of ether oxygens (including phenoxy) is 1. The molecule has 0 saturated heterocycles. The smallest absolute Gasteiger partial charge is 0.413 e. The zero-order chi connectivity index (χ0) is 17.0. The van der Waals surface area contributed by atoms with E-state index in [2.05, 4.69) is 43.1 Å². The van der Waals surface area contributed by atoms with Crippen molar-refractivity contribution >= 4 is 39.2 Å². The number of aryl methyl sites for hydroxylation is 1. The van der Waals surface area contributed by atoms with E-state index in [1.54, 1.807) is 29.3 Å². The first-order valence-corrected chi connectivity index (χ1v) is 8.86. The van der Waals surface area contributed by atoms with Crippen molar-refractivity contribution in [3.63, 3.8) is 0 Å². The first-order valence-electron chi connectivity index (χ1n) is 7.19. The lowest BCUT2D eigenvalue weighted by molar-refractivity contribution is 0.0634. The molecule has 0 fully saturated rings. The van der Waals surface area contributed by atoms with Gasteiger partial charge in [0.05, 0.1) is 6.20 Å². The van der Waals surface area contributed by atoms with Gasteiger partial charge in [-0.05, 0) is 42.8 Å².